The highest BCUT2D eigenvalue weighted by atomic mass is 32.2. The summed E-state index contributed by atoms with van der Waals surface area (Å²) in [7, 11) is 0. The van der Waals surface area contributed by atoms with Crippen molar-refractivity contribution in [1.82, 2.24) is 9.78 Å². The Labute approximate surface area is 130 Å². The van der Waals surface area contributed by atoms with Gasteiger partial charge >= 0.3 is 0 Å². The van der Waals surface area contributed by atoms with Crippen LogP contribution in [0.25, 0.3) is 0 Å². The van der Waals surface area contributed by atoms with Crippen LogP contribution in [0, 0.1) is 13.8 Å². The highest BCUT2D eigenvalue weighted by Gasteiger charge is 2.24. The molecule has 2 aromatic rings. The van der Waals surface area contributed by atoms with E-state index in [0.29, 0.717) is 5.92 Å². The van der Waals surface area contributed by atoms with Gasteiger partial charge in [0.2, 0.25) is 0 Å². The summed E-state index contributed by atoms with van der Waals surface area (Å²) < 4.78 is 2.18. The second-order valence-electron chi connectivity index (χ2n) is 6.06. The molecule has 3 nitrogen and oxygen atoms in total. The van der Waals surface area contributed by atoms with E-state index in [-0.39, 0.29) is 6.04 Å². The third-order valence-electron chi connectivity index (χ3n) is 4.25. The van der Waals surface area contributed by atoms with Crippen molar-refractivity contribution in [2.75, 3.05) is 5.75 Å². The quantitative estimate of drug-likeness (QED) is 0.942. The zero-order valence-corrected chi connectivity index (χ0v) is 13.8. The van der Waals surface area contributed by atoms with E-state index < -0.39 is 0 Å². The van der Waals surface area contributed by atoms with E-state index in [9.17, 15) is 0 Å². The molecule has 2 heterocycles. The van der Waals surface area contributed by atoms with Gasteiger partial charge in [0.15, 0.2) is 0 Å². The Morgan fingerprint density at radius 1 is 1.38 bits per heavy atom. The van der Waals surface area contributed by atoms with Gasteiger partial charge in [-0.1, -0.05) is 18.2 Å². The first-order valence-electron chi connectivity index (χ1n) is 7.56. The molecule has 0 amide bonds. The number of benzene rings is 1. The standard InChI is InChI=1S/C17H23N3S/c1-11(18)8-16-12(2)19-20(13(16)3)9-14-10-21-17-7-5-4-6-15(14)17/h4-7,11,14H,8-10,18H2,1-3H3. The number of fused-ring (bicyclic) bond motifs is 1. The molecule has 2 atom stereocenters. The fraction of sp³-hybridized carbons (Fsp3) is 0.471. The molecule has 112 valence electrons. The van der Waals surface area contributed by atoms with Crippen LogP contribution in [0.3, 0.4) is 0 Å². The molecule has 1 aromatic heterocycles. The number of thioether (sulfide) groups is 1. The third kappa shape index (κ3) is 2.87. The summed E-state index contributed by atoms with van der Waals surface area (Å²) in [5, 5.41) is 4.75. The highest BCUT2D eigenvalue weighted by Crippen LogP contribution is 2.40. The molecular weight excluding hydrogens is 278 g/mol. The lowest BCUT2D eigenvalue weighted by Gasteiger charge is -2.13. The molecule has 1 aliphatic rings. The Kier molecular flexibility index (Phi) is 4.09. The van der Waals surface area contributed by atoms with Crippen molar-refractivity contribution in [1.29, 1.82) is 0 Å². The van der Waals surface area contributed by atoms with E-state index in [0.717, 1.165) is 24.4 Å². The van der Waals surface area contributed by atoms with Crippen LogP contribution in [0.15, 0.2) is 29.2 Å². The van der Waals surface area contributed by atoms with Gasteiger partial charge in [-0.3, -0.25) is 4.68 Å². The maximum Gasteiger partial charge on any atom is 0.0629 e. The summed E-state index contributed by atoms with van der Waals surface area (Å²) in [5.41, 5.74) is 11.2. The first-order chi connectivity index (χ1) is 10.1. The number of nitrogens with two attached hydrogens (primary N) is 1. The largest absolute Gasteiger partial charge is 0.328 e. The summed E-state index contributed by atoms with van der Waals surface area (Å²) in [5.74, 6) is 1.72. The van der Waals surface area contributed by atoms with Gasteiger partial charge in [-0.2, -0.15) is 5.10 Å². The highest BCUT2D eigenvalue weighted by molar-refractivity contribution is 7.99. The Hall–Kier alpha value is -1.26. The lowest BCUT2D eigenvalue weighted by Crippen LogP contribution is -2.19. The smallest absolute Gasteiger partial charge is 0.0629 e. The first kappa shape index (κ1) is 14.7. The monoisotopic (exact) mass is 301 g/mol. The molecule has 0 bridgehead atoms. The Bertz CT molecular complexity index is 645. The summed E-state index contributed by atoms with van der Waals surface area (Å²) >= 11 is 1.96. The van der Waals surface area contributed by atoms with Crippen LogP contribution in [-0.4, -0.2) is 21.6 Å². The molecular formula is C17H23N3S. The molecule has 0 fully saturated rings. The Morgan fingerprint density at radius 3 is 2.90 bits per heavy atom. The molecule has 21 heavy (non-hydrogen) atoms. The van der Waals surface area contributed by atoms with Crippen molar-refractivity contribution >= 4 is 11.8 Å². The van der Waals surface area contributed by atoms with E-state index in [1.165, 1.54) is 21.7 Å². The van der Waals surface area contributed by atoms with Crippen LogP contribution < -0.4 is 5.73 Å². The van der Waals surface area contributed by atoms with Crippen molar-refractivity contribution in [3.8, 4) is 0 Å². The van der Waals surface area contributed by atoms with Gasteiger partial charge in [0.1, 0.15) is 0 Å². The van der Waals surface area contributed by atoms with Gasteiger partial charge in [-0.05, 0) is 44.4 Å². The van der Waals surface area contributed by atoms with Gasteiger partial charge in [-0.25, -0.2) is 0 Å². The average molecular weight is 301 g/mol. The molecule has 4 heteroatoms. The normalized spacial score (nSPS) is 18.8. The van der Waals surface area contributed by atoms with Gasteiger partial charge < -0.3 is 5.73 Å². The number of aromatic nitrogens is 2. The Morgan fingerprint density at radius 2 is 2.14 bits per heavy atom. The van der Waals surface area contributed by atoms with Gasteiger partial charge in [0, 0.05) is 34.8 Å². The number of hydrogen-bond acceptors (Lipinski definition) is 3. The van der Waals surface area contributed by atoms with Crippen molar-refractivity contribution in [2.24, 2.45) is 5.73 Å². The minimum absolute atomic E-state index is 0.183. The predicted molar refractivity (Wildman–Crippen MR) is 89.0 cm³/mol. The van der Waals surface area contributed by atoms with Crippen LogP contribution in [0.1, 0.15) is 35.4 Å². The first-order valence-corrected chi connectivity index (χ1v) is 8.55. The summed E-state index contributed by atoms with van der Waals surface area (Å²) in [6.45, 7) is 7.29. The minimum Gasteiger partial charge on any atom is -0.328 e. The average Bonchev–Trinajstić information content (AvgIpc) is 2.96. The van der Waals surface area contributed by atoms with Crippen molar-refractivity contribution in [3.05, 3.63) is 46.8 Å². The van der Waals surface area contributed by atoms with Crippen LogP contribution in [0.4, 0.5) is 0 Å². The molecule has 0 saturated carbocycles. The van der Waals surface area contributed by atoms with Gasteiger partial charge in [0.25, 0.3) is 0 Å². The molecule has 0 radical (unpaired) electrons. The SMILES string of the molecule is Cc1nn(CC2CSc3ccccc32)c(C)c1CC(C)N. The van der Waals surface area contributed by atoms with E-state index in [1.807, 2.05) is 11.8 Å². The van der Waals surface area contributed by atoms with E-state index in [4.69, 9.17) is 10.8 Å². The number of nitrogens with zero attached hydrogens (tertiary/aromatic N) is 2. The molecule has 2 unspecified atom stereocenters. The number of rotatable bonds is 4. The third-order valence-corrected chi connectivity index (χ3v) is 5.50. The van der Waals surface area contributed by atoms with Gasteiger partial charge in [0.05, 0.1) is 5.69 Å². The van der Waals surface area contributed by atoms with E-state index in [2.05, 4.69) is 49.7 Å². The van der Waals surface area contributed by atoms with Crippen LogP contribution in [0.2, 0.25) is 0 Å². The molecule has 2 N–H and O–H groups in total. The second-order valence-corrected chi connectivity index (χ2v) is 7.12. The molecule has 1 aliphatic heterocycles. The van der Waals surface area contributed by atoms with Crippen LogP contribution in [-0.2, 0) is 13.0 Å². The van der Waals surface area contributed by atoms with Crippen molar-refractivity contribution in [2.45, 2.75) is 50.6 Å². The lowest BCUT2D eigenvalue weighted by atomic mass is 10.0. The molecule has 0 saturated heterocycles. The molecule has 3 rings (SSSR count). The fourth-order valence-electron chi connectivity index (χ4n) is 3.12. The fourth-order valence-corrected chi connectivity index (χ4v) is 4.36. The topological polar surface area (TPSA) is 43.8 Å². The van der Waals surface area contributed by atoms with Crippen LogP contribution >= 0.6 is 11.8 Å². The predicted octanol–water partition coefficient (Wildman–Crippen LogP) is 3.28. The van der Waals surface area contributed by atoms with Crippen LogP contribution in [0.5, 0.6) is 0 Å². The van der Waals surface area contributed by atoms with E-state index >= 15 is 0 Å². The lowest BCUT2D eigenvalue weighted by molar-refractivity contribution is 0.534. The maximum absolute atomic E-state index is 5.96. The van der Waals surface area contributed by atoms with Crippen molar-refractivity contribution < 1.29 is 0 Å². The Balaban J connectivity index is 1.84. The molecule has 0 spiro atoms. The maximum atomic E-state index is 5.96. The molecule has 0 aliphatic carbocycles. The summed E-state index contributed by atoms with van der Waals surface area (Å²) in [6.07, 6.45) is 0.910. The minimum atomic E-state index is 0.183. The zero-order valence-electron chi connectivity index (χ0n) is 13.0. The summed E-state index contributed by atoms with van der Waals surface area (Å²) in [4.78, 5) is 1.43. The number of aryl methyl sites for hydroxylation is 1. The molecule has 1 aromatic carbocycles. The van der Waals surface area contributed by atoms with Gasteiger partial charge in [-0.15, -0.1) is 11.8 Å². The van der Waals surface area contributed by atoms with Crippen molar-refractivity contribution in [3.63, 3.8) is 0 Å². The van der Waals surface area contributed by atoms with E-state index in [1.54, 1.807) is 0 Å². The zero-order chi connectivity index (χ0) is 15.0. The second kappa shape index (κ2) is 5.85. The number of hydrogen-bond donors (Lipinski definition) is 1. The summed E-state index contributed by atoms with van der Waals surface area (Å²) in [6, 6.07) is 8.93.